The smallest absolute Gasteiger partial charge is 0.337 e. The largest absolute Gasteiger partial charge is 0.465 e. The molecule has 0 saturated heterocycles. The molecule has 1 N–H and O–H groups in total. The Bertz CT molecular complexity index is 904. The summed E-state index contributed by atoms with van der Waals surface area (Å²) in [6.45, 7) is 0. The molecule has 0 radical (unpaired) electrons. The third-order valence-corrected chi connectivity index (χ3v) is 4.44. The number of amides is 1. The van der Waals surface area contributed by atoms with E-state index in [-0.39, 0.29) is 6.01 Å². The molecular weight excluding hydrogens is 366 g/mol. The number of benzene rings is 1. The van der Waals surface area contributed by atoms with E-state index in [1.165, 1.54) is 42.7 Å². The van der Waals surface area contributed by atoms with E-state index in [0.29, 0.717) is 27.8 Å². The molecule has 0 aliphatic carbocycles. The third-order valence-electron chi connectivity index (χ3n) is 3.21. The van der Waals surface area contributed by atoms with Gasteiger partial charge < -0.3 is 9.15 Å². The monoisotopic (exact) mass is 377 g/mol. The van der Waals surface area contributed by atoms with Gasteiger partial charge in [-0.3, -0.25) is 10.1 Å². The normalized spacial score (nSPS) is 10.5. The van der Waals surface area contributed by atoms with Crippen LogP contribution in [0.25, 0.3) is 0 Å². The van der Waals surface area contributed by atoms with Crippen LogP contribution in [0.3, 0.4) is 0 Å². The summed E-state index contributed by atoms with van der Waals surface area (Å²) >= 11 is 7.29. The predicted octanol–water partition coefficient (Wildman–Crippen LogP) is 3.41. The molecule has 0 bridgehead atoms. The number of hydrogen-bond acceptors (Lipinski definition) is 7. The maximum Gasteiger partial charge on any atom is 0.337 e. The molecule has 0 saturated carbocycles. The van der Waals surface area contributed by atoms with E-state index in [1.54, 1.807) is 6.07 Å². The molecule has 0 aliphatic heterocycles. The molecule has 7 nitrogen and oxygen atoms in total. The van der Waals surface area contributed by atoms with Gasteiger partial charge in [0.05, 0.1) is 23.4 Å². The predicted molar refractivity (Wildman–Crippen MR) is 92.2 cm³/mol. The molecule has 128 valence electrons. The zero-order valence-corrected chi connectivity index (χ0v) is 14.6. The fourth-order valence-electron chi connectivity index (χ4n) is 2.02. The van der Waals surface area contributed by atoms with E-state index in [2.05, 4.69) is 20.3 Å². The highest BCUT2D eigenvalue weighted by molar-refractivity contribution is 7.16. The van der Waals surface area contributed by atoms with Gasteiger partial charge in [-0.15, -0.1) is 16.4 Å². The zero-order chi connectivity index (χ0) is 17.8. The summed E-state index contributed by atoms with van der Waals surface area (Å²) in [6.07, 6.45) is 0.439. The van der Waals surface area contributed by atoms with Crippen LogP contribution in [0.2, 0.25) is 4.34 Å². The molecule has 0 atom stereocenters. The van der Waals surface area contributed by atoms with Crippen LogP contribution in [-0.2, 0) is 11.2 Å². The number of thiophene rings is 1. The van der Waals surface area contributed by atoms with Crippen molar-refractivity contribution in [2.24, 2.45) is 0 Å². The summed E-state index contributed by atoms with van der Waals surface area (Å²) in [6, 6.07) is 9.68. The van der Waals surface area contributed by atoms with Crippen LogP contribution < -0.4 is 5.32 Å². The molecule has 2 aromatic heterocycles. The molecule has 25 heavy (non-hydrogen) atoms. The number of aromatic nitrogens is 2. The SMILES string of the molecule is COC(=O)c1ccc(C(=O)Nc2nnc(Cc3ccc(Cl)s3)o2)cc1. The first-order chi connectivity index (χ1) is 12.0. The molecule has 0 spiro atoms. The third kappa shape index (κ3) is 4.23. The lowest BCUT2D eigenvalue weighted by Crippen LogP contribution is -2.12. The van der Waals surface area contributed by atoms with E-state index in [1.807, 2.05) is 6.07 Å². The van der Waals surface area contributed by atoms with Gasteiger partial charge in [0.1, 0.15) is 0 Å². The van der Waals surface area contributed by atoms with Gasteiger partial charge in [0.15, 0.2) is 0 Å². The van der Waals surface area contributed by atoms with Gasteiger partial charge >= 0.3 is 12.0 Å². The number of rotatable bonds is 5. The number of anilines is 1. The van der Waals surface area contributed by atoms with Gasteiger partial charge in [0.25, 0.3) is 5.91 Å². The van der Waals surface area contributed by atoms with Crippen LogP contribution in [0.5, 0.6) is 0 Å². The quantitative estimate of drug-likeness (QED) is 0.684. The average molecular weight is 378 g/mol. The van der Waals surface area contributed by atoms with Crippen molar-refractivity contribution in [2.75, 3.05) is 12.4 Å². The van der Waals surface area contributed by atoms with Crippen molar-refractivity contribution in [1.29, 1.82) is 0 Å². The Balaban J connectivity index is 1.64. The number of ether oxygens (including phenoxy) is 1. The van der Waals surface area contributed by atoms with Crippen LogP contribution in [0, 0.1) is 0 Å². The minimum absolute atomic E-state index is 0.000280. The van der Waals surface area contributed by atoms with Crippen molar-refractivity contribution in [3.63, 3.8) is 0 Å². The number of halogens is 1. The summed E-state index contributed by atoms with van der Waals surface area (Å²) in [7, 11) is 1.29. The second-order valence-corrected chi connectivity index (χ2v) is 6.71. The number of carbonyl (C=O) groups excluding carboxylic acids is 2. The number of nitrogens with zero attached hydrogens (tertiary/aromatic N) is 2. The lowest BCUT2D eigenvalue weighted by molar-refractivity contribution is 0.0600. The number of esters is 1. The molecule has 2 heterocycles. The van der Waals surface area contributed by atoms with Crippen molar-refractivity contribution >= 4 is 40.8 Å². The topological polar surface area (TPSA) is 94.3 Å². The second kappa shape index (κ2) is 7.45. The molecule has 3 aromatic rings. The summed E-state index contributed by atoms with van der Waals surface area (Å²) in [5, 5.41) is 10.2. The zero-order valence-electron chi connectivity index (χ0n) is 13.0. The Hall–Kier alpha value is -2.71. The molecule has 1 amide bonds. The lowest BCUT2D eigenvalue weighted by atomic mass is 10.1. The Kier molecular flexibility index (Phi) is 5.11. The summed E-state index contributed by atoms with van der Waals surface area (Å²) < 4.78 is 10.7. The van der Waals surface area contributed by atoms with E-state index >= 15 is 0 Å². The Morgan fingerprint density at radius 3 is 2.52 bits per heavy atom. The molecule has 9 heteroatoms. The molecule has 1 aromatic carbocycles. The molecule has 0 aliphatic rings. The van der Waals surface area contributed by atoms with Crippen molar-refractivity contribution in [2.45, 2.75) is 6.42 Å². The van der Waals surface area contributed by atoms with Crippen LogP contribution >= 0.6 is 22.9 Å². The van der Waals surface area contributed by atoms with Gasteiger partial charge in [-0.1, -0.05) is 16.7 Å². The Labute approximate surface area is 151 Å². The Morgan fingerprint density at radius 1 is 1.16 bits per heavy atom. The lowest BCUT2D eigenvalue weighted by Gasteiger charge is -2.02. The van der Waals surface area contributed by atoms with Crippen molar-refractivity contribution in [3.05, 3.63) is 62.6 Å². The van der Waals surface area contributed by atoms with Crippen molar-refractivity contribution in [1.82, 2.24) is 10.2 Å². The summed E-state index contributed by atoms with van der Waals surface area (Å²) in [4.78, 5) is 24.5. The minimum atomic E-state index is -0.470. The van der Waals surface area contributed by atoms with Gasteiger partial charge in [-0.05, 0) is 36.4 Å². The van der Waals surface area contributed by atoms with Gasteiger partial charge in [-0.25, -0.2) is 4.79 Å². The van der Waals surface area contributed by atoms with E-state index in [0.717, 1.165) is 4.88 Å². The summed E-state index contributed by atoms with van der Waals surface area (Å²) in [5.74, 6) is -0.525. The highest BCUT2D eigenvalue weighted by Crippen LogP contribution is 2.24. The molecule has 3 rings (SSSR count). The highest BCUT2D eigenvalue weighted by Gasteiger charge is 2.13. The molecule has 0 fully saturated rings. The molecule has 0 unspecified atom stereocenters. The minimum Gasteiger partial charge on any atom is -0.465 e. The second-order valence-electron chi connectivity index (χ2n) is 4.91. The van der Waals surface area contributed by atoms with Gasteiger partial charge in [0.2, 0.25) is 5.89 Å². The van der Waals surface area contributed by atoms with Crippen molar-refractivity contribution in [3.8, 4) is 0 Å². The fraction of sp³-hybridized carbons (Fsp3) is 0.125. The Morgan fingerprint density at radius 2 is 1.88 bits per heavy atom. The highest BCUT2D eigenvalue weighted by atomic mass is 35.5. The average Bonchev–Trinajstić information content (AvgIpc) is 3.23. The maximum atomic E-state index is 12.2. The first-order valence-corrected chi connectivity index (χ1v) is 8.31. The number of carbonyl (C=O) groups is 2. The maximum absolute atomic E-state index is 12.2. The van der Waals surface area contributed by atoms with Crippen LogP contribution in [0.4, 0.5) is 6.01 Å². The molecular formula is C16H12ClN3O4S. The van der Waals surface area contributed by atoms with E-state index in [9.17, 15) is 9.59 Å². The first kappa shape index (κ1) is 17.1. The summed E-state index contributed by atoms with van der Waals surface area (Å²) in [5.41, 5.74) is 0.700. The fourth-order valence-corrected chi connectivity index (χ4v) is 3.09. The van der Waals surface area contributed by atoms with E-state index < -0.39 is 11.9 Å². The number of methoxy groups -OCH3 is 1. The number of hydrogen-bond donors (Lipinski definition) is 1. The van der Waals surface area contributed by atoms with Crippen molar-refractivity contribution < 1.29 is 18.7 Å². The standard InChI is InChI=1S/C16H12ClN3O4S/c1-23-15(22)10-4-2-9(3-5-10)14(21)18-16-20-19-13(24-16)8-11-6-7-12(17)25-11/h2-7H,8H2,1H3,(H,18,20,21). The van der Waals surface area contributed by atoms with Gasteiger partial charge in [0, 0.05) is 10.4 Å². The van der Waals surface area contributed by atoms with Gasteiger partial charge in [-0.2, -0.15) is 0 Å². The van der Waals surface area contributed by atoms with Crippen LogP contribution in [-0.4, -0.2) is 29.2 Å². The van der Waals surface area contributed by atoms with E-state index in [4.69, 9.17) is 16.0 Å². The van der Waals surface area contributed by atoms with Crippen LogP contribution in [0.1, 0.15) is 31.5 Å². The first-order valence-electron chi connectivity index (χ1n) is 7.11. The number of nitrogens with one attached hydrogen (secondary N) is 1. The van der Waals surface area contributed by atoms with Crippen LogP contribution in [0.15, 0.2) is 40.8 Å².